The third-order valence-electron chi connectivity index (χ3n) is 3.33. The molecule has 20 heavy (non-hydrogen) atoms. The second-order valence-corrected chi connectivity index (χ2v) is 4.73. The molecule has 1 aromatic carbocycles. The van der Waals surface area contributed by atoms with E-state index in [2.05, 4.69) is 34.7 Å². The minimum Gasteiger partial charge on any atom is -0.358 e. The van der Waals surface area contributed by atoms with Crippen molar-refractivity contribution in [1.29, 1.82) is 0 Å². The van der Waals surface area contributed by atoms with Crippen molar-refractivity contribution in [2.75, 3.05) is 20.1 Å². The zero-order chi connectivity index (χ0) is 13.7. The fraction of sp³-hybridized carbons (Fsp3) is 0.400. The van der Waals surface area contributed by atoms with E-state index in [0.717, 1.165) is 18.5 Å². The van der Waals surface area contributed by atoms with Gasteiger partial charge in [-0.1, -0.05) is 18.2 Å². The van der Waals surface area contributed by atoms with Crippen LogP contribution in [0.2, 0.25) is 0 Å². The minimum absolute atomic E-state index is 0. The van der Waals surface area contributed by atoms with Crippen LogP contribution in [0.4, 0.5) is 0 Å². The zero-order valence-corrected chi connectivity index (χ0v) is 12.8. The smallest absolute Gasteiger partial charge is 0.221 e. The Labute approximate surface area is 125 Å². The van der Waals surface area contributed by atoms with Crippen LogP contribution in [-0.4, -0.2) is 31.0 Å². The quantitative estimate of drug-likeness (QED) is 0.765. The van der Waals surface area contributed by atoms with E-state index in [9.17, 15) is 4.79 Å². The van der Waals surface area contributed by atoms with Gasteiger partial charge in [-0.05, 0) is 32.0 Å². The third kappa shape index (κ3) is 3.99. The number of hydrogen-bond acceptors (Lipinski definition) is 2. The van der Waals surface area contributed by atoms with E-state index >= 15 is 0 Å². The van der Waals surface area contributed by atoms with E-state index in [1.807, 2.05) is 19.2 Å². The van der Waals surface area contributed by atoms with Crippen molar-refractivity contribution in [1.82, 2.24) is 15.6 Å². The van der Waals surface area contributed by atoms with E-state index in [0.29, 0.717) is 13.0 Å². The standard InChI is InChI=1S/C15H21N3O.ClH/c1-11-12(7-10-17-15(19)8-9-16-2)13-5-3-4-6-14(13)18-11;/h3-6,16,18H,7-10H2,1-2H3,(H,17,19);1H. The molecule has 4 nitrogen and oxygen atoms in total. The Balaban J connectivity index is 0.00000200. The van der Waals surface area contributed by atoms with Crippen LogP contribution in [0.1, 0.15) is 17.7 Å². The first kappa shape index (κ1) is 16.5. The zero-order valence-electron chi connectivity index (χ0n) is 12.0. The number of carbonyl (C=O) groups is 1. The molecule has 1 aromatic heterocycles. The Morgan fingerprint density at radius 1 is 1.25 bits per heavy atom. The molecular weight excluding hydrogens is 274 g/mol. The summed E-state index contributed by atoms with van der Waals surface area (Å²) in [6, 6.07) is 8.28. The molecule has 1 amide bonds. The lowest BCUT2D eigenvalue weighted by Gasteiger charge is -2.05. The lowest BCUT2D eigenvalue weighted by Crippen LogP contribution is -2.28. The SMILES string of the molecule is CNCCC(=O)NCCc1c(C)[nH]c2ccccc12.Cl. The van der Waals surface area contributed by atoms with Gasteiger partial charge in [0.05, 0.1) is 0 Å². The Morgan fingerprint density at radius 2 is 2.00 bits per heavy atom. The maximum absolute atomic E-state index is 11.5. The van der Waals surface area contributed by atoms with Crippen molar-refractivity contribution < 1.29 is 4.79 Å². The van der Waals surface area contributed by atoms with E-state index in [4.69, 9.17) is 0 Å². The summed E-state index contributed by atoms with van der Waals surface area (Å²) in [7, 11) is 1.85. The molecule has 0 radical (unpaired) electrons. The van der Waals surface area contributed by atoms with Crippen LogP contribution in [0, 0.1) is 6.92 Å². The summed E-state index contributed by atoms with van der Waals surface area (Å²) >= 11 is 0. The van der Waals surface area contributed by atoms with Crippen LogP contribution in [0.5, 0.6) is 0 Å². The van der Waals surface area contributed by atoms with Gasteiger partial charge in [-0.25, -0.2) is 0 Å². The Kier molecular flexibility index (Phi) is 6.55. The predicted octanol–water partition coefficient (Wildman–Crippen LogP) is 2.17. The number of rotatable bonds is 6. The van der Waals surface area contributed by atoms with Crippen molar-refractivity contribution in [3.8, 4) is 0 Å². The average molecular weight is 296 g/mol. The molecule has 3 N–H and O–H groups in total. The molecular formula is C15H22ClN3O. The van der Waals surface area contributed by atoms with Gasteiger partial charge in [-0.2, -0.15) is 0 Å². The van der Waals surface area contributed by atoms with Crippen LogP contribution in [0.25, 0.3) is 10.9 Å². The number of fused-ring (bicyclic) bond motifs is 1. The van der Waals surface area contributed by atoms with Gasteiger partial charge < -0.3 is 15.6 Å². The molecule has 0 saturated heterocycles. The van der Waals surface area contributed by atoms with Gasteiger partial charge in [0.2, 0.25) is 5.91 Å². The topological polar surface area (TPSA) is 56.9 Å². The summed E-state index contributed by atoms with van der Waals surface area (Å²) in [5.74, 6) is 0.104. The predicted molar refractivity (Wildman–Crippen MR) is 85.5 cm³/mol. The fourth-order valence-corrected chi connectivity index (χ4v) is 2.31. The van der Waals surface area contributed by atoms with Crippen LogP contribution in [0.3, 0.4) is 0 Å². The average Bonchev–Trinajstić information content (AvgIpc) is 2.73. The first-order valence-electron chi connectivity index (χ1n) is 6.70. The minimum atomic E-state index is 0. The van der Waals surface area contributed by atoms with Crippen LogP contribution >= 0.6 is 12.4 Å². The van der Waals surface area contributed by atoms with Gasteiger partial charge in [0.25, 0.3) is 0 Å². The molecule has 0 fully saturated rings. The van der Waals surface area contributed by atoms with Gasteiger partial charge in [-0.3, -0.25) is 4.79 Å². The van der Waals surface area contributed by atoms with Crippen molar-refractivity contribution >= 4 is 29.2 Å². The van der Waals surface area contributed by atoms with Crippen LogP contribution in [-0.2, 0) is 11.2 Å². The van der Waals surface area contributed by atoms with Crippen LogP contribution in [0.15, 0.2) is 24.3 Å². The van der Waals surface area contributed by atoms with E-state index < -0.39 is 0 Å². The number of benzene rings is 1. The lowest BCUT2D eigenvalue weighted by molar-refractivity contribution is -0.120. The number of H-pyrrole nitrogens is 1. The molecule has 0 bridgehead atoms. The Bertz CT molecular complexity index is 565. The molecule has 0 saturated carbocycles. The van der Waals surface area contributed by atoms with Crippen molar-refractivity contribution in [3.05, 3.63) is 35.5 Å². The highest BCUT2D eigenvalue weighted by Crippen LogP contribution is 2.21. The van der Waals surface area contributed by atoms with E-state index in [1.54, 1.807) is 0 Å². The first-order chi connectivity index (χ1) is 9.22. The normalized spacial score (nSPS) is 10.3. The van der Waals surface area contributed by atoms with Crippen molar-refractivity contribution in [2.24, 2.45) is 0 Å². The number of hydrogen-bond donors (Lipinski definition) is 3. The second kappa shape index (κ2) is 7.92. The summed E-state index contributed by atoms with van der Waals surface area (Å²) in [5.41, 5.74) is 3.65. The van der Waals surface area contributed by atoms with Gasteiger partial charge in [0, 0.05) is 36.1 Å². The second-order valence-electron chi connectivity index (χ2n) is 4.73. The Hall–Kier alpha value is -1.52. The van der Waals surface area contributed by atoms with E-state index in [-0.39, 0.29) is 18.3 Å². The van der Waals surface area contributed by atoms with E-state index in [1.165, 1.54) is 16.6 Å². The molecule has 0 spiro atoms. The molecule has 0 aliphatic carbocycles. The number of carbonyl (C=O) groups excluding carboxylic acids is 1. The number of halogens is 1. The number of nitrogens with one attached hydrogen (secondary N) is 3. The number of aromatic nitrogens is 1. The third-order valence-corrected chi connectivity index (χ3v) is 3.33. The van der Waals surface area contributed by atoms with Crippen LogP contribution < -0.4 is 10.6 Å². The van der Waals surface area contributed by atoms with Crippen molar-refractivity contribution in [3.63, 3.8) is 0 Å². The molecule has 110 valence electrons. The fourth-order valence-electron chi connectivity index (χ4n) is 2.31. The number of aryl methyl sites for hydroxylation is 1. The molecule has 0 aliphatic rings. The molecule has 0 atom stereocenters. The molecule has 0 unspecified atom stereocenters. The number of amides is 1. The summed E-state index contributed by atoms with van der Waals surface area (Å²) in [6.45, 7) is 3.49. The molecule has 0 aliphatic heterocycles. The van der Waals surface area contributed by atoms with Gasteiger partial charge >= 0.3 is 0 Å². The summed E-state index contributed by atoms with van der Waals surface area (Å²) in [6.07, 6.45) is 1.39. The van der Waals surface area contributed by atoms with Crippen molar-refractivity contribution in [2.45, 2.75) is 19.8 Å². The molecule has 5 heteroatoms. The monoisotopic (exact) mass is 295 g/mol. The highest BCUT2D eigenvalue weighted by atomic mass is 35.5. The number of aromatic amines is 1. The van der Waals surface area contributed by atoms with Gasteiger partial charge in [0.15, 0.2) is 0 Å². The Morgan fingerprint density at radius 3 is 2.75 bits per heavy atom. The maximum atomic E-state index is 11.5. The number of para-hydroxylation sites is 1. The summed E-state index contributed by atoms with van der Waals surface area (Å²) < 4.78 is 0. The maximum Gasteiger partial charge on any atom is 0.221 e. The highest BCUT2D eigenvalue weighted by Gasteiger charge is 2.08. The summed E-state index contributed by atoms with van der Waals surface area (Å²) in [5, 5.41) is 7.18. The highest BCUT2D eigenvalue weighted by molar-refractivity contribution is 5.85. The molecule has 1 heterocycles. The summed E-state index contributed by atoms with van der Waals surface area (Å²) in [4.78, 5) is 14.9. The lowest BCUT2D eigenvalue weighted by atomic mass is 10.1. The van der Waals surface area contributed by atoms with Gasteiger partial charge in [0.1, 0.15) is 0 Å². The first-order valence-corrected chi connectivity index (χ1v) is 6.70. The van der Waals surface area contributed by atoms with Gasteiger partial charge in [-0.15, -0.1) is 12.4 Å². The molecule has 2 aromatic rings. The molecule has 2 rings (SSSR count). The largest absolute Gasteiger partial charge is 0.358 e.